The van der Waals surface area contributed by atoms with Crippen LogP contribution in [0, 0.1) is 0 Å². The number of nitrogens with one attached hydrogen (secondary N) is 1. The standard InChI is InChI=1S/C59H37N3O/c1-2-16-38(17-3-1)50-35-52-51(34-41-20-8-9-21-44(41)54(52)46-23-11-10-22-45(46)50)47-24-12-25-48-55-49(26-13-27-53(55)63-56(47)48)59-61-57(42-30-28-36-14-4-6-18-39(36)32-42)60-58(62-59)43-31-29-37-15-5-7-19-40(37)33-43/h1-35,57H,(H,60,61,62). The van der Waals surface area contributed by atoms with Crippen LogP contribution in [0.3, 0.4) is 0 Å². The summed E-state index contributed by atoms with van der Waals surface area (Å²) < 4.78 is 7.03. The quantitative estimate of drug-likeness (QED) is 0.176. The number of amidine groups is 2. The molecule has 4 heteroatoms. The van der Waals surface area contributed by atoms with Crippen LogP contribution in [0.2, 0.25) is 0 Å². The van der Waals surface area contributed by atoms with Gasteiger partial charge in [0, 0.05) is 27.5 Å². The summed E-state index contributed by atoms with van der Waals surface area (Å²) in [6.45, 7) is 0. The monoisotopic (exact) mass is 803 g/mol. The van der Waals surface area contributed by atoms with E-state index in [1.54, 1.807) is 0 Å². The fourth-order valence-corrected chi connectivity index (χ4v) is 9.89. The Morgan fingerprint density at radius 2 is 1.03 bits per heavy atom. The molecule has 0 spiro atoms. The van der Waals surface area contributed by atoms with E-state index in [4.69, 9.17) is 14.4 Å². The molecule has 0 amide bonds. The molecule has 0 saturated carbocycles. The number of benzene rings is 11. The molecular weight excluding hydrogens is 767 g/mol. The Kier molecular flexibility index (Phi) is 7.94. The minimum atomic E-state index is -0.370. The van der Waals surface area contributed by atoms with E-state index in [1.165, 1.54) is 59.6 Å². The molecule has 0 aliphatic carbocycles. The third-order valence-corrected chi connectivity index (χ3v) is 12.9. The van der Waals surface area contributed by atoms with Gasteiger partial charge in [-0.3, -0.25) is 0 Å². The summed E-state index contributed by atoms with van der Waals surface area (Å²) in [5.74, 6) is 1.43. The number of nitrogens with zero attached hydrogens (tertiary/aromatic N) is 2. The third-order valence-electron chi connectivity index (χ3n) is 12.9. The van der Waals surface area contributed by atoms with E-state index >= 15 is 0 Å². The van der Waals surface area contributed by atoms with E-state index in [0.717, 1.165) is 61.0 Å². The molecule has 1 unspecified atom stereocenters. The Balaban J connectivity index is 1.04. The first kappa shape index (κ1) is 35.4. The van der Waals surface area contributed by atoms with Gasteiger partial charge in [-0.05, 0) is 106 Å². The summed E-state index contributed by atoms with van der Waals surface area (Å²) in [6.07, 6.45) is -0.370. The molecule has 2 heterocycles. The molecule has 294 valence electrons. The van der Waals surface area contributed by atoms with Crippen molar-refractivity contribution < 1.29 is 4.42 Å². The Labute approximate surface area is 363 Å². The highest BCUT2D eigenvalue weighted by Crippen LogP contribution is 2.46. The average molecular weight is 804 g/mol. The zero-order valence-corrected chi connectivity index (χ0v) is 34.1. The number of aliphatic imine (C=N–C) groups is 2. The summed E-state index contributed by atoms with van der Waals surface area (Å²) in [7, 11) is 0. The highest BCUT2D eigenvalue weighted by Gasteiger charge is 2.25. The minimum absolute atomic E-state index is 0.370. The van der Waals surface area contributed by atoms with Crippen LogP contribution >= 0.6 is 0 Å². The number of rotatable bonds is 5. The summed E-state index contributed by atoms with van der Waals surface area (Å²) in [6, 6.07) is 75.9. The Hall–Kier alpha value is -8.34. The zero-order chi connectivity index (χ0) is 41.4. The molecule has 1 aliphatic heterocycles. The van der Waals surface area contributed by atoms with Crippen molar-refractivity contribution in [3.63, 3.8) is 0 Å². The van der Waals surface area contributed by atoms with Crippen molar-refractivity contribution in [2.75, 3.05) is 0 Å². The number of fused-ring (bicyclic) bond motifs is 10. The molecule has 0 fully saturated rings. The topological polar surface area (TPSA) is 49.9 Å². The van der Waals surface area contributed by atoms with Crippen molar-refractivity contribution in [2.24, 2.45) is 9.98 Å². The van der Waals surface area contributed by atoms with Gasteiger partial charge >= 0.3 is 0 Å². The van der Waals surface area contributed by atoms with Gasteiger partial charge in [-0.25, -0.2) is 9.98 Å². The molecule has 1 aromatic heterocycles. The maximum absolute atomic E-state index is 7.03. The van der Waals surface area contributed by atoms with Crippen LogP contribution in [0.1, 0.15) is 22.9 Å². The molecule has 1 aliphatic rings. The summed E-state index contributed by atoms with van der Waals surface area (Å²) in [5, 5.41) is 17.8. The van der Waals surface area contributed by atoms with Gasteiger partial charge in [0.25, 0.3) is 0 Å². The molecule has 13 rings (SSSR count). The van der Waals surface area contributed by atoms with Gasteiger partial charge in [-0.2, -0.15) is 0 Å². The molecule has 12 aromatic rings. The number of para-hydroxylation sites is 1. The van der Waals surface area contributed by atoms with Gasteiger partial charge in [0.15, 0.2) is 5.84 Å². The van der Waals surface area contributed by atoms with Crippen LogP contribution in [0.15, 0.2) is 227 Å². The van der Waals surface area contributed by atoms with Crippen LogP contribution in [-0.4, -0.2) is 11.7 Å². The smallest absolute Gasteiger partial charge is 0.160 e. The number of furan rings is 1. The Bertz CT molecular complexity index is 3900. The summed E-state index contributed by atoms with van der Waals surface area (Å²) in [5.41, 5.74) is 9.20. The second-order valence-electron chi connectivity index (χ2n) is 16.5. The van der Waals surface area contributed by atoms with Crippen molar-refractivity contribution >= 4 is 87.5 Å². The van der Waals surface area contributed by atoms with E-state index in [0.29, 0.717) is 5.84 Å². The van der Waals surface area contributed by atoms with Crippen LogP contribution in [-0.2, 0) is 0 Å². The molecule has 1 atom stereocenters. The largest absolute Gasteiger partial charge is 0.455 e. The predicted octanol–water partition coefficient (Wildman–Crippen LogP) is 15.2. The van der Waals surface area contributed by atoms with E-state index < -0.39 is 0 Å². The lowest BCUT2D eigenvalue weighted by Gasteiger charge is -2.24. The molecule has 0 radical (unpaired) electrons. The second kappa shape index (κ2) is 14.1. The fourth-order valence-electron chi connectivity index (χ4n) is 9.89. The Morgan fingerprint density at radius 3 is 1.86 bits per heavy atom. The normalized spacial score (nSPS) is 14.2. The molecule has 4 nitrogen and oxygen atoms in total. The first-order valence-electron chi connectivity index (χ1n) is 21.5. The maximum atomic E-state index is 7.03. The molecule has 1 N–H and O–H groups in total. The van der Waals surface area contributed by atoms with E-state index in [9.17, 15) is 0 Å². The first-order chi connectivity index (χ1) is 31.2. The molecule has 63 heavy (non-hydrogen) atoms. The average Bonchev–Trinajstić information content (AvgIpc) is 3.75. The lowest BCUT2D eigenvalue weighted by Crippen LogP contribution is -2.33. The first-order valence-corrected chi connectivity index (χ1v) is 21.5. The van der Waals surface area contributed by atoms with Crippen LogP contribution in [0.5, 0.6) is 0 Å². The summed E-state index contributed by atoms with van der Waals surface area (Å²) >= 11 is 0. The molecule has 0 saturated heterocycles. The number of hydrogen-bond donors (Lipinski definition) is 1. The third kappa shape index (κ3) is 5.76. The van der Waals surface area contributed by atoms with Gasteiger partial charge in [-0.15, -0.1) is 0 Å². The predicted molar refractivity (Wildman–Crippen MR) is 264 cm³/mol. The summed E-state index contributed by atoms with van der Waals surface area (Å²) in [4.78, 5) is 10.7. The van der Waals surface area contributed by atoms with E-state index in [-0.39, 0.29) is 6.17 Å². The van der Waals surface area contributed by atoms with Gasteiger partial charge in [-0.1, -0.05) is 182 Å². The van der Waals surface area contributed by atoms with Gasteiger partial charge in [0.1, 0.15) is 23.2 Å². The Morgan fingerprint density at radius 1 is 0.381 bits per heavy atom. The number of hydrogen-bond acceptors (Lipinski definition) is 4. The molecule has 0 bridgehead atoms. The van der Waals surface area contributed by atoms with Crippen LogP contribution in [0.25, 0.3) is 98.1 Å². The van der Waals surface area contributed by atoms with Gasteiger partial charge < -0.3 is 9.73 Å². The molecule has 11 aromatic carbocycles. The van der Waals surface area contributed by atoms with Crippen LogP contribution < -0.4 is 5.32 Å². The van der Waals surface area contributed by atoms with Crippen molar-refractivity contribution in [3.05, 3.63) is 229 Å². The van der Waals surface area contributed by atoms with E-state index in [2.05, 4.69) is 218 Å². The lowest BCUT2D eigenvalue weighted by atomic mass is 9.86. The minimum Gasteiger partial charge on any atom is -0.455 e. The van der Waals surface area contributed by atoms with Crippen molar-refractivity contribution in [1.29, 1.82) is 0 Å². The van der Waals surface area contributed by atoms with Crippen molar-refractivity contribution in [3.8, 4) is 22.3 Å². The second-order valence-corrected chi connectivity index (χ2v) is 16.5. The SMILES string of the molecule is c1ccc(-c2cc3c(-c4cccc5c4oc4cccc(C6=NC(c7ccc8ccccc8c7)NC(c7ccc8ccccc8c7)=N6)c45)cc4ccccc4c3c3ccccc23)cc1. The lowest BCUT2D eigenvalue weighted by molar-refractivity contribution is 0.669. The fraction of sp³-hybridized carbons (Fsp3) is 0.0169. The zero-order valence-electron chi connectivity index (χ0n) is 34.1. The van der Waals surface area contributed by atoms with E-state index in [1.807, 2.05) is 0 Å². The molecular formula is C59H37N3O. The van der Waals surface area contributed by atoms with Crippen LogP contribution in [0.4, 0.5) is 0 Å². The van der Waals surface area contributed by atoms with Crippen molar-refractivity contribution in [1.82, 2.24) is 5.32 Å². The maximum Gasteiger partial charge on any atom is 0.160 e. The van der Waals surface area contributed by atoms with Gasteiger partial charge in [0.2, 0.25) is 0 Å². The van der Waals surface area contributed by atoms with Crippen molar-refractivity contribution in [2.45, 2.75) is 6.17 Å². The highest BCUT2D eigenvalue weighted by molar-refractivity contribution is 6.28. The highest BCUT2D eigenvalue weighted by atomic mass is 16.3. The van der Waals surface area contributed by atoms with Gasteiger partial charge in [0.05, 0.1) is 0 Å².